The number of nitro groups is 1. The lowest BCUT2D eigenvalue weighted by Gasteiger charge is -2.15. The summed E-state index contributed by atoms with van der Waals surface area (Å²) in [5.74, 6) is 2.11. The van der Waals surface area contributed by atoms with Gasteiger partial charge in [-0.05, 0) is 77.7 Å². The van der Waals surface area contributed by atoms with Crippen LogP contribution in [0, 0.1) is 10.1 Å². The number of benzene rings is 8. The van der Waals surface area contributed by atoms with Crippen molar-refractivity contribution in [3.8, 4) is 0 Å². The highest BCUT2D eigenvalue weighted by atomic mass is 16.6. The molecule has 4 heterocycles. The van der Waals surface area contributed by atoms with E-state index < -0.39 is 4.92 Å². The number of hydrogen-bond donors (Lipinski definition) is 4. The van der Waals surface area contributed by atoms with Gasteiger partial charge in [0, 0.05) is 24.4 Å². The molecule has 4 aliphatic rings. The normalized spacial score (nSPS) is 17.9. The number of nitrogens with one attached hydrogen (secondary N) is 2. The molecule has 0 aromatic heterocycles. The Balaban J connectivity index is 0.000000166. The predicted octanol–water partition coefficient (Wildman–Crippen LogP) is 12.4. The van der Waals surface area contributed by atoms with Gasteiger partial charge in [0.25, 0.3) is 5.69 Å². The summed E-state index contributed by atoms with van der Waals surface area (Å²) in [6.45, 7) is 3.77. The fourth-order valence-electron chi connectivity index (χ4n) is 9.10. The summed E-state index contributed by atoms with van der Waals surface area (Å²) in [7, 11) is 0. The maximum Gasteiger partial charge on any atom is 0.270 e. The van der Waals surface area contributed by atoms with Crippen LogP contribution in [0.1, 0.15) is 75.6 Å². The number of nitrogens with two attached hydrogens (primary N) is 1. The molecule has 12 rings (SSSR count). The van der Waals surface area contributed by atoms with Gasteiger partial charge in [0.2, 0.25) is 23.6 Å². The van der Waals surface area contributed by atoms with Gasteiger partial charge in [-0.25, -0.2) is 20.0 Å². The Hall–Kier alpha value is -9.60. The first kappa shape index (κ1) is 50.9. The lowest BCUT2D eigenvalue weighted by Crippen LogP contribution is -2.09. The van der Waals surface area contributed by atoms with Gasteiger partial charge in [0.1, 0.15) is 50.6 Å². The smallest absolute Gasteiger partial charge is 0.270 e. The Labute approximate surface area is 446 Å². The largest absolute Gasteiger partial charge is 0.475 e. The quantitative estimate of drug-likeness (QED) is 0.0489. The zero-order valence-corrected chi connectivity index (χ0v) is 42.2. The number of aliphatic hydroxyl groups is 1. The fourth-order valence-corrected chi connectivity index (χ4v) is 9.10. The van der Waals surface area contributed by atoms with E-state index in [1.807, 2.05) is 164 Å². The Bertz CT molecular complexity index is 3450. The topological polar surface area (TPSA) is 200 Å². The van der Waals surface area contributed by atoms with Gasteiger partial charge >= 0.3 is 0 Å². The number of non-ortho nitro benzene ring substituents is 1. The highest BCUT2D eigenvalue weighted by Crippen LogP contribution is 2.36. The molecule has 0 radical (unpaired) electrons. The van der Waals surface area contributed by atoms with Crippen LogP contribution in [0.15, 0.2) is 226 Å². The lowest BCUT2D eigenvalue weighted by molar-refractivity contribution is -0.384. The minimum Gasteiger partial charge on any atom is -0.475 e. The molecule has 15 nitrogen and oxygen atoms in total. The second kappa shape index (κ2) is 24.2. The van der Waals surface area contributed by atoms with Crippen LogP contribution in [-0.2, 0) is 18.9 Å². The van der Waals surface area contributed by atoms with Gasteiger partial charge in [-0.1, -0.05) is 146 Å². The zero-order valence-electron chi connectivity index (χ0n) is 42.2. The molecule has 0 amide bonds. The summed E-state index contributed by atoms with van der Waals surface area (Å²) in [6.07, 6.45) is 0. The average molecular weight is 1030 g/mol. The molecule has 4 atom stereocenters. The van der Waals surface area contributed by atoms with Crippen molar-refractivity contribution in [3.63, 3.8) is 0 Å². The monoisotopic (exact) mass is 1020 g/mol. The summed E-state index contributed by atoms with van der Waals surface area (Å²) in [5, 5.41) is 26.1. The minimum absolute atomic E-state index is 0.0162. The summed E-state index contributed by atoms with van der Waals surface area (Å²) >= 11 is 0. The molecule has 5 N–H and O–H groups in total. The number of nitrogens with zero attached hydrogens (tertiary/aromatic N) is 5. The van der Waals surface area contributed by atoms with E-state index in [4.69, 9.17) is 49.8 Å². The summed E-state index contributed by atoms with van der Waals surface area (Å²) < 4.78 is 24.0. The maximum atomic E-state index is 11.6. The van der Waals surface area contributed by atoms with E-state index in [1.54, 1.807) is 13.0 Å². The Kier molecular flexibility index (Phi) is 16.0. The number of ether oxygens (including phenoxy) is 4. The zero-order chi connectivity index (χ0) is 52.9. The molecular formula is C62H56N8O7. The SMILES string of the molecule is CCO.Nc1ccc(Nc2ccccc2C2=N[C@H](c3ccccc3)CO2)c(C2=N[C@H](c3ccccc3)CO2)c1.O=[N+]([O-])c1ccc(Nc2ccccc2C2=N[C@H](c3ccccc3)CO2)c(C2=N[C@H](c3ccccc3)CO2)c1. The molecule has 15 heteroatoms. The fraction of sp³-hybridized carbons (Fsp3) is 0.161. The Morgan fingerprint density at radius 1 is 0.455 bits per heavy atom. The number of nitrogen functional groups attached to an aromatic ring is 1. The van der Waals surface area contributed by atoms with Crippen molar-refractivity contribution in [3.05, 3.63) is 261 Å². The van der Waals surface area contributed by atoms with Gasteiger partial charge < -0.3 is 40.4 Å². The number of anilines is 5. The van der Waals surface area contributed by atoms with E-state index in [1.165, 1.54) is 12.1 Å². The molecule has 0 saturated heterocycles. The number of para-hydroxylation sites is 2. The van der Waals surface area contributed by atoms with Crippen LogP contribution in [0.4, 0.5) is 34.1 Å². The molecule has 4 aliphatic heterocycles. The van der Waals surface area contributed by atoms with E-state index in [2.05, 4.69) is 34.9 Å². The second-order valence-corrected chi connectivity index (χ2v) is 18.1. The van der Waals surface area contributed by atoms with Crippen LogP contribution in [0.3, 0.4) is 0 Å². The van der Waals surface area contributed by atoms with Crippen molar-refractivity contribution >= 4 is 57.7 Å². The molecule has 386 valence electrons. The van der Waals surface area contributed by atoms with Crippen molar-refractivity contribution in [2.24, 2.45) is 20.0 Å². The van der Waals surface area contributed by atoms with E-state index in [-0.39, 0.29) is 36.5 Å². The van der Waals surface area contributed by atoms with Crippen molar-refractivity contribution in [1.82, 2.24) is 0 Å². The third-order valence-electron chi connectivity index (χ3n) is 12.9. The Morgan fingerprint density at radius 3 is 1.12 bits per heavy atom. The highest BCUT2D eigenvalue weighted by molar-refractivity contribution is 6.06. The first-order valence-corrected chi connectivity index (χ1v) is 25.4. The number of nitro benzene ring substituents is 1. The van der Waals surface area contributed by atoms with Gasteiger partial charge in [0.15, 0.2) is 0 Å². The molecule has 0 bridgehead atoms. The molecule has 77 heavy (non-hydrogen) atoms. The van der Waals surface area contributed by atoms with Gasteiger partial charge in [-0.3, -0.25) is 10.1 Å². The lowest BCUT2D eigenvalue weighted by atomic mass is 10.1. The van der Waals surface area contributed by atoms with E-state index in [0.717, 1.165) is 56.0 Å². The minimum atomic E-state index is -0.420. The van der Waals surface area contributed by atoms with Crippen LogP contribution in [0.25, 0.3) is 0 Å². The van der Waals surface area contributed by atoms with Gasteiger partial charge in [0.05, 0.1) is 49.9 Å². The van der Waals surface area contributed by atoms with Crippen molar-refractivity contribution in [2.75, 3.05) is 49.4 Å². The molecule has 0 spiro atoms. The third-order valence-corrected chi connectivity index (χ3v) is 12.9. The van der Waals surface area contributed by atoms with Crippen LogP contribution in [0.5, 0.6) is 0 Å². The molecule has 8 aromatic carbocycles. The molecule has 0 unspecified atom stereocenters. The first-order valence-electron chi connectivity index (χ1n) is 25.4. The molecule has 0 aliphatic carbocycles. The molecular weight excluding hydrogens is 969 g/mol. The number of rotatable bonds is 13. The highest BCUT2D eigenvalue weighted by Gasteiger charge is 2.29. The third kappa shape index (κ3) is 12.2. The van der Waals surface area contributed by atoms with Crippen molar-refractivity contribution in [1.29, 1.82) is 0 Å². The molecule has 0 saturated carbocycles. The van der Waals surface area contributed by atoms with E-state index >= 15 is 0 Å². The summed E-state index contributed by atoms with van der Waals surface area (Å²) in [4.78, 5) is 30.5. The van der Waals surface area contributed by atoms with Crippen LogP contribution >= 0.6 is 0 Å². The standard InChI is InChI=1S/C30H24N4O4.C30H26N4O2.C2H6O/c35-34(36)22-15-16-26(24(17-22)30-33-28(19-38-30)21-11-5-2-6-12-21)31-25-14-8-7-13-23(25)29-32-27(18-37-29)20-9-3-1-4-10-20;31-22-15-16-26(24(17-22)30-34-28(19-36-30)21-11-5-2-6-12-21)32-25-14-8-7-13-23(25)29-33-27(18-35-29)20-9-3-1-4-10-20;1-2-3/h1-17,27-28,31H,18-19H2;1-17,27-28,32H,18-19,31H2;3H,2H2,1H3/t2*27-,28-;/m00./s1. The van der Waals surface area contributed by atoms with Crippen LogP contribution in [0.2, 0.25) is 0 Å². The van der Waals surface area contributed by atoms with E-state index in [0.29, 0.717) is 67.0 Å². The number of aliphatic hydroxyl groups excluding tert-OH is 1. The maximum absolute atomic E-state index is 11.6. The van der Waals surface area contributed by atoms with Crippen molar-refractivity contribution < 1.29 is 29.0 Å². The number of aliphatic imine (C=N–C) groups is 4. The average Bonchev–Trinajstić information content (AvgIpc) is 4.35. The van der Waals surface area contributed by atoms with E-state index in [9.17, 15) is 10.1 Å². The number of hydrogen-bond acceptors (Lipinski definition) is 14. The Morgan fingerprint density at radius 2 is 0.753 bits per heavy atom. The molecule has 8 aromatic rings. The summed E-state index contributed by atoms with van der Waals surface area (Å²) in [6, 6.07) is 66.0. The second-order valence-electron chi connectivity index (χ2n) is 18.1. The summed E-state index contributed by atoms with van der Waals surface area (Å²) in [5.41, 5.74) is 17.3. The van der Waals surface area contributed by atoms with Crippen LogP contribution < -0.4 is 16.4 Å². The predicted molar refractivity (Wildman–Crippen MR) is 303 cm³/mol. The first-order chi connectivity index (χ1) is 37.8. The van der Waals surface area contributed by atoms with Gasteiger partial charge in [-0.15, -0.1) is 0 Å². The van der Waals surface area contributed by atoms with Crippen molar-refractivity contribution in [2.45, 2.75) is 31.1 Å². The van der Waals surface area contributed by atoms with Gasteiger partial charge in [-0.2, -0.15) is 0 Å². The molecule has 0 fully saturated rings. The van der Waals surface area contributed by atoms with Crippen LogP contribution in [-0.4, -0.2) is 66.7 Å².